The van der Waals surface area contributed by atoms with Gasteiger partial charge in [0.1, 0.15) is 12.5 Å². The first-order chi connectivity index (χ1) is 10.6. The molecule has 22 heavy (non-hydrogen) atoms. The van der Waals surface area contributed by atoms with E-state index < -0.39 is 18.6 Å². The highest BCUT2D eigenvalue weighted by molar-refractivity contribution is 4.70. The van der Waals surface area contributed by atoms with Gasteiger partial charge in [0, 0.05) is 6.54 Å². The zero-order chi connectivity index (χ0) is 16.8. The molecular formula is C18H39NO3. The first-order valence-corrected chi connectivity index (χ1v) is 9.36. The van der Waals surface area contributed by atoms with Crippen molar-refractivity contribution in [3.8, 4) is 0 Å². The Morgan fingerprint density at radius 3 is 1.64 bits per heavy atom. The van der Waals surface area contributed by atoms with Gasteiger partial charge in [0.25, 0.3) is 0 Å². The van der Waals surface area contributed by atoms with Gasteiger partial charge in [-0.3, -0.25) is 4.90 Å². The van der Waals surface area contributed by atoms with Crippen LogP contribution in [0.25, 0.3) is 0 Å². The monoisotopic (exact) mass is 317 g/mol. The van der Waals surface area contributed by atoms with Gasteiger partial charge in [0.2, 0.25) is 0 Å². The largest absolute Gasteiger partial charge is 0.392 e. The average Bonchev–Trinajstić information content (AvgIpc) is 2.48. The Hall–Kier alpha value is -0.160. The van der Waals surface area contributed by atoms with Gasteiger partial charge in [0.05, 0.1) is 6.10 Å². The van der Waals surface area contributed by atoms with E-state index >= 15 is 0 Å². The van der Waals surface area contributed by atoms with Gasteiger partial charge in [-0.15, -0.1) is 0 Å². The topological polar surface area (TPSA) is 63.9 Å². The smallest absolute Gasteiger partial charge is 0.109 e. The lowest BCUT2D eigenvalue weighted by atomic mass is 10.1. The molecule has 0 aromatic rings. The van der Waals surface area contributed by atoms with Crippen LogP contribution in [0.2, 0.25) is 0 Å². The van der Waals surface area contributed by atoms with E-state index in [4.69, 9.17) is 0 Å². The molecule has 134 valence electrons. The molecule has 0 fully saturated rings. The third-order valence-electron chi connectivity index (χ3n) is 4.17. The standard InChI is InChI=1S/C18H39NO3/c1-4-7-8-9-10-11-14-16(20)15-19(17(21)12-5-2)18(22)13-6-3/h16-18,20-22H,4-15H2,1-3H3. The number of unbranched alkanes of at least 4 members (excludes halogenated alkanes) is 5. The summed E-state index contributed by atoms with van der Waals surface area (Å²) in [6.45, 7) is 6.60. The molecule has 0 aliphatic rings. The van der Waals surface area contributed by atoms with E-state index in [2.05, 4.69) is 6.92 Å². The molecule has 0 amide bonds. The number of aliphatic hydroxyl groups excluding tert-OH is 3. The summed E-state index contributed by atoms with van der Waals surface area (Å²) in [7, 11) is 0. The molecule has 0 aliphatic carbocycles. The zero-order valence-corrected chi connectivity index (χ0v) is 15.0. The van der Waals surface area contributed by atoms with Crippen LogP contribution in [0.15, 0.2) is 0 Å². The third-order valence-corrected chi connectivity index (χ3v) is 4.17. The van der Waals surface area contributed by atoms with Gasteiger partial charge in [-0.1, -0.05) is 72.1 Å². The molecule has 4 heteroatoms. The molecule has 3 unspecified atom stereocenters. The van der Waals surface area contributed by atoms with Gasteiger partial charge in [0.15, 0.2) is 0 Å². The molecule has 0 aromatic carbocycles. The second kappa shape index (κ2) is 14.4. The fourth-order valence-electron chi connectivity index (χ4n) is 2.78. The minimum Gasteiger partial charge on any atom is -0.392 e. The van der Waals surface area contributed by atoms with Crippen molar-refractivity contribution >= 4 is 0 Å². The van der Waals surface area contributed by atoms with Crippen molar-refractivity contribution in [1.82, 2.24) is 4.90 Å². The van der Waals surface area contributed by atoms with Crippen LogP contribution in [0.3, 0.4) is 0 Å². The molecule has 0 bridgehead atoms. The number of nitrogens with zero attached hydrogens (tertiary/aromatic N) is 1. The van der Waals surface area contributed by atoms with Gasteiger partial charge in [-0.05, 0) is 19.3 Å². The molecule has 3 N–H and O–H groups in total. The normalized spacial score (nSPS) is 16.0. The Morgan fingerprint density at radius 2 is 1.14 bits per heavy atom. The predicted octanol–water partition coefficient (Wildman–Crippen LogP) is 3.64. The predicted molar refractivity (Wildman–Crippen MR) is 92.5 cm³/mol. The van der Waals surface area contributed by atoms with Gasteiger partial charge in [-0.25, -0.2) is 0 Å². The lowest BCUT2D eigenvalue weighted by Gasteiger charge is -2.33. The van der Waals surface area contributed by atoms with Crippen molar-refractivity contribution in [2.24, 2.45) is 0 Å². The number of rotatable bonds is 15. The molecule has 0 spiro atoms. The van der Waals surface area contributed by atoms with Crippen molar-refractivity contribution in [3.05, 3.63) is 0 Å². The average molecular weight is 318 g/mol. The Kier molecular flexibility index (Phi) is 14.3. The highest BCUT2D eigenvalue weighted by atomic mass is 16.3. The van der Waals surface area contributed by atoms with Crippen molar-refractivity contribution < 1.29 is 15.3 Å². The van der Waals surface area contributed by atoms with Crippen LogP contribution in [-0.4, -0.2) is 45.3 Å². The van der Waals surface area contributed by atoms with Crippen LogP contribution in [0.4, 0.5) is 0 Å². The Balaban J connectivity index is 4.11. The summed E-state index contributed by atoms with van der Waals surface area (Å²) in [6.07, 6.45) is 9.19. The second-order valence-electron chi connectivity index (χ2n) is 6.45. The van der Waals surface area contributed by atoms with Crippen LogP contribution in [0, 0.1) is 0 Å². The van der Waals surface area contributed by atoms with Crippen molar-refractivity contribution in [1.29, 1.82) is 0 Å². The van der Waals surface area contributed by atoms with Gasteiger partial charge < -0.3 is 15.3 Å². The third kappa shape index (κ3) is 10.5. The Bertz CT molecular complexity index is 226. The zero-order valence-electron chi connectivity index (χ0n) is 15.0. The number of hydrogen-bond acceptors (Lipinski definition) is 4. The van der Waals surface area contributed by atoms with E-state index in [-0.39, 0.29) is 0 Å². The summed E-state index contributed by atoms with van der Waals surface area (Å²) in [5.41, 5.74) is 0. The van der Waals surface area contributed by atoms with E-state index in [1.165, 1.54) is 25.7 Å². The fraction of sp³-hybridized carbons (Fsp3) is 1.00. The number of aliphatic hydroxyl groups is 3. The maximum atomic E-state index is 10.2. The van der Waals surface area contributed by atoms with Gasteiger partial charge in [-0.2, -0.15) is 0 Å². The van der Waals surface area contributed by atoms with Crippen LogP contribution < -0.4 is 0 Å². The highest BCUT2D eigenvalue weighted by Gasteiger charge is 2.24. The molecule has 3 atom stereocenters. The number of hydrogen-bond donors (Lipinski definition) is 3. The lowest BCUT2D eigenvalue weighted by Crippen LogP contribution is -2.47. The van der Waals surface area contributed by atoms with Crippen molar-refractivity contribution in [2.45, 2.75) is 110 Å². The summed E-state index contributed by atoms with van der Waals surface area (Å²) >= 11 is 0. The molecule has 0 aliphatic heterocycles. The Labute approximate surface area is 137 Å². The van der Waals surface area contributed by atoms with E-state index in [0.29, 0.717) is 19.4 Å². The quantitative estimate of drug-likeness (QED) is 0.319. The van der Waals surface area contributed by atoms with E-state index in [9.17, 15) is 15.3 Å². The first kappa shape index (κ1) is 21.8. The summed E-state index contributed by atoms with van der Waals surface area (Å²) in [6, 6.07) is 0. The van der Waals surface area contributed by atoms with Crippen molar-refractivity contribution in [2.75, 3.05) is 6.54 Å². The maximum Gasteiger partial charge on any atom is 0.109 e. The molecule has 0 saturated carbocycles. The molecule has 0 heterocycles. The van der Waals surface area contributed by atoms with Crippen LogP contribution >= 0.6 is 0 Å². The highest BCUT2D eigenvalue weighted by Crippen LogP contribution is 2.15. The fourth-order valence-corrected chi connectivity index (χ4v) is 2.78. The van der Waals surface area contributed by atoms with E-state index in [0.717, 1.165) is 32.1 Å². The van der Waals surface area contributed by atoms with Gasteiger partial charge >= 0.3 is 0 Å². The SMILES string of the molecule is CCCCCCCCC(O)CN(C(O)CCC)C(O)CCC. The van der Waals surface area contributed by atoms with Crippen LogP contribution in [0.5, 0.6) is 0 Å². The summed E-state index contributed by atoms with van der Waals surface area (Å²) in [5.74, 6) is 0. The second-order valence-corrected chi connectivity index (χ2v) is 6.45. The van der Waals surface area contributed by atoms with Crippen molar-refractivity contribution in [3.63, 3.8) is 0 Å². The van der Waals surface area contributed by atoms with E-state index in [1.54, 1.807) is 4.90 Å². The molecule has 0 radical (unpaired) electrons. The minimum absolute atomic E-state index is 0.358. The molecule has 4 nitrogen and oxygen atoms in total. The van der Waals surface area contributed by atoms with Crippen LogP contribution in [0.1, 0.15) is 91.4 Å². The first-order valence-electron chi connectivity index (χ1n) is 9.36. The molecule has 0 saturated heterocycles. The molecule has 0 aromatic heterocycles. The lowest BCUT2D eigenvalue weighted by molar-refractivity contribution is -0.122. The minimum atomic E-state index is -0.661. The molecule has 0 rings (SSSR count). The van der Waals surface area contributed by atoms with Crippen LogP contribution in [-0.2, 0) is 0 Å². The summed E-state index contributed by atoms with van der Waals surface area (Å²) in [5, 5.41) is 30.5. The summed E-state index contributed by atoms with van der Waals surface area (Å²) in [4.78, 5) is 1.66. The van der Waals surface area contributed by atoms with E-state index in [1.807, 2.05) is 13.8 Å². The summed E-state index contributed by atoms with van der Waals surface area (Å²) < 4.78 is 0. The maximum absolute atomic E-state index is 10.2. The Morgan fingerprint density at radius 1 is 0.636 bits per heavy atom. The molecular weight excluding hydrogens is 278 g/mol.